The summed E-state index contributed by atoms with van der Waals surface area (Å²) >= 11 is 0. The second kappa shape index (κ2) is 6.48. The average Bonchev–Trinajstić information content (AvgIpc) is 2.66. The Bertz CT molecular complexity index is 446. The Morgan fingerprint density at radius 2 is 2.26 bits per heavy atom. The van der Waals surface area contributed by atoms with Crippen LogP contribution in [0.3, 0.4) is 0 Å². The molecule has 1 heterocycles. The van der Waals surface area contributed by atoms with E-state index >= 15 is 0 Å². The van der Waals surface area contributed by atoms with Gasteiger partial charge in [-0.15, -0.1) is 0 Å². The van der Waals surface area contributed by atoms with Gasteiger partial charge in [0.2, 0.25) is 5.82 Å². The van der Waals surface area contributed by atoms with Gasteiger partial charge in [-0.1, -0.05) is 6.92 Å². The molecule has 1 aromatic rings. The molecule has 1 aromatic heterocycles. The predicted molar refractivity (Wildman–Crippen MR) is 70.4 cm³/mol. The third kappa shape index (κ3) is 3.42. The first-order chi connectivity index (χ1) is 8.92. The van der Waals surface area contributed by atoms with Gasteiger partial charge in [0.25, 0.3) is 0 Å². The van der Waals surface area contributed by atoms with Crippen molar-refractivity contribution in [2.24, 2.45) is 7.05 Å². The number of likely N-dealkylation sites (N-methyl/N-ethyl adjacent to an activating group) is 1. The fourth-order valence-corrected chi connectivity index (χ4v) is 2.06. The maximum atomic E-state index is 11.2. The molecule has 8 nitrogen and oxygen atoms in total. The van der Waals surface area contributed by atoms with Crippen LogP contribution in [0.4, 0.5) is 11.5 Å². The molecule has 0 radical (unpaired) electrons. The lowest BCUT2D eigenvalue weighted by Crippen LogP contribution is -2.33. The fourth-order valence-electron chi connectivity index (χ4n) is 2.06. The number of rotatable bonds is 7. The molecule has 0 bridgehead atoms. The number of aromatic nitrogens is 2. The van der Waals surface area contributed by atoms with Crippen LogP contribution in [-0.4, -0.2) is 53.2 Å². The van der Waals surface area contributed by atoms with Crippen LogP contribution in [0.5, 0.6) is 0 Å². The molecule has 0 aromatic carbocycles. The van der Waals surface area contributed by atoms with Gasteiger partial charge in [-0.05, 0) is 6.42 Å². The lowest BCUT2D eigenvalue weighted by Gasteiger charge is -2.21. The van der Waals surface area contributed by atoms with Gasteiger partial charge in [0.15, 0.2) is 0 Å². The van der Waals surface area contributed by atoms with Crippen LogP contribution in [0.25, 0.3) is 0 Å². The van der Waals surface area contributed by atoms with E-state index in [9.17, 15) is 15.2 Å². The van der Waals surface area contributed by atoms with Gasteiger partial charge in [0, 0.05) is 27.7 Å². The van der Waals surface area contributed by atoms with Crippen molar-refractivity contribution in [1.82, 2.24) is 9.78 Å². The molecular weight excluding hydrogens is 252 g/mol. The van der Waals surface area contributed by atoms with E-state index in [4.69, 9.17) is 4.74 Å². The number of ether oxygens (including phenoxy) is 1. The summed E-state index contributed by atoms with van der Waals surface area (Å²) in [4.78, 5) is 12.4. The maximum Gasteiger partial charge on any atom is 0.334 e. The lowest BCUT2D eigenvalue weighted by atomic mass is 10.2. The first-order valence-corrected chi connectivity index (χ1v) is 6.00. The van der Waals surface area contributed by atoms with Crippen LogP contribution < -0.4 is 4.90 Å². The van der Waals surface area contributed by atoms with Crippen molar-refractivity contribution in [1.29, 1.82) is 0 Å². The van der Waals surface area contributed by atoms with Crippen molar-refractivity contribution in [3.05, 3.63) is 15.8 Å². The van der Waals surface area contributed by atoms with Gasteiger partial charge in [-0.2, -0.15) is 5.10 Å². The minimum absolute atomic E-state index is 0.00267. The number of nitrogens with zero attached hydrogens (tertiary/aromatic N) is 4. The maximum absolute atomic E-state index is 11.2. The van der Waals surface area contributed by atoms with E-state index in [0.29, 0.717) is 17.9 Å². The third-order valence-corrected chi connectivity index (χ3v) is 2.79. The molecule has 1 N–H and O–H groups in total. The fraction of sp³-hybridized carbons (Fsp3) is 0.727. The molecule has 0 spiro atoms. The third-order valence-electron chi connectivity index (χ3n) is 2.79. The van der Waals surface area contributed by atoms with E-state index in [-0.39, 0.29) is 18.8 Å². The SMILES string of the molecule is CCc1nn(C)c(N(C)CC(O)COC)c1[N+](=O)[O-]. The molecule has 19 heavy (non-hydrogen) atoms. The Balaban J connectivity index is 3.04. The highest BCUT2D eigenvalue weighted by Gasteiger charge is 2.28. The number of nitro groups is 1. The largest absolute Gasteiger partial charge is 0.389 e. The van der Waals surface area contributed by atoms with Gasteiger partial charge < -0.3 is 14.7 Å². The molecule has 1 rings (SSSR count). The van der Waals surface area contributed by atoms with E-state index in [1.807, 2.05) is 6.92 Å². The first-order valence-electron chi connectivity index (χ1n) is 6.00. The molecule has 8 heteroatoms. The Hall–Kier alpha value is -1.67. The zero-order valence-corrected chi connectivity index (χ0v) is 11.7. The highest BCUT2D eigenvalue weighted by molar-refractivity contribution is 5.61. The Labute approximate surface area is 111 Å². The van der Waals surface area contributed by atoms with Gasteiger partial charge in [-0.25, -0.2) is 4.68 Å². The summed E-state index contributed by atoms with van der Waals surface area (Å²) in [5, 5.41) is 25.0. The van der Waals surface area contributed by atoms with E-state index < -0.39 is 11.0 Å². The van der Waals surface area contributed by atoms with Crippen LogP contribution in [0.2, 0.25) is 0 Å². The average molecular weight is 272 g/mol. The van der Waals surface area contributed by atoms with Gasteiger partial charge in [0.1, 0.15) is 5.69 Å². The number of methoxy groups -OCH3 is 1. The topological polar surface area (TPSA) is 93.7 Å². The van der Waals surface area contributed by atoms with Crippen molar-refractivity contribution < 1.29 is 14.8 Å². The molecular formula is C11H20N4O4. The molecule has 108 valence electrons. The highest BCUT2D eigenvalue weighted by Crippen LogP contribution is 2.30. The number of hydrogen-bond acceptors (Lipinski definition) is 6. The smallest absolute Gasteiger partial charge is 0.334 e. The Morgan fingerprint density at radius 1 is 1.63 bits per heavy atom. The van der Waals surface area contributed by atoms with Gasteiger partial charge in [-0.3, -0.25) is 10.1 Å². The van der Waals surface area contributed by atoms with Crippen LogP contribution >= 0.6 is 0 Å². The summed E-state index contributed by atoms with van der Waals surface area (Å²) in [6, 6.07) is 0. The summed E-state index contributed by atoms with van der Waals surface area (Å²) in [6.07, 6.45) is -0.229. The Kier molecular flexibility index (Phi) is 5.25. The van der Waals surface area contributed by atoms with Gasteiger partial charge in [0.05, 0.1) is 17.6 Å². The van der Waals surface area contributed by atoms with Crippen LogP contribution in [0.1, 0.15) is 12.6 Å². The zero-order chi connectivity index (χ0) is 14.6. The second-order valence-electron chi connectivity index (χ2n) is 4.34. The molecule has 0 aliphatic rings. The number of aryl methyl sites for hydroxylation is 2. The van der Waals surface area contributed by atoms with Crippen LogP contribution in [0.15, 0.2) is 0 Å². The molecule has 0 aliphatic heterocycles. The minimum Gasteiger partial charge on any atom is -0.389 e. The number of aliphatic hydroxyl groups is 1. The van der Waals surface area contributed by atoms with Crippen molar-refractivity contribution in [3.63, 3.8) is 0 Å². The van der Waals surface area contributed by atoms with Gasteiger partial charge >= 0.3 is 5.69 Å². The monoisotopic (exact) mass is 272 g/mol. The molecule has 1 unspecified atom stereocenters. The van der Waals surface area contributed by atoms with E-state index in [2.05, 4.69) is 5.10 Å². The van der Waals surface area contributed by atoms with Crippen molar-refractivity contribution >= 4 is 11.5 Å². The summed E-state index contributed by atoms with van der Waals surface area (Å²) < 4.78 is 6.31. The molecule has 0 saturated heterocycles. The van der Waals surface area contributed by atoms with E-state index in [1.165, 1.54) is 11.8 Å². The normalized spacial score (nSPS) is 12.5. The van der Waals surface area contributed by atoms with E-state index in [1.54, 1.807) is 19.0 Å². The van der Waals surface area contributed by atoms with Crippen molar-refractivity contribution in [2.75, 3.05) is 32.2 Å². The molecule has 1 atom stereocenters. The summed E-state index contributed by atoms with van der Waals surface area (Å²) in [5.74, 6) is 0.386. The number of anilines is 1. The van der Waals surface area contributed by atoms with Crippen molar-refractivity contribution in [2.45, 2.75) is 19.4 Å². The summed E-state index contributed by atoms with van der Waals surface area (Å²) in [7, 11) is 4.83. The van der Waals surface area contributed by atoms with E-state index in [0.717, 1.165) is 0 Å². The van der Waals surface area contributed by atoms with Crippen LogP contribution in [-0.2, 0) is 18.2 Å². The highest BCUT2D eigenvalue weighted by atomic mass is 16.6. The predicted octanol–water partition coefficient (Wildman–Crippen LogP) is 0.334. The summed E-state index contributed by atoms with van der Waals surface area (Å²) in [6.45, 7) is 2.23. The number of hydrogen-bond donors (Lipinski definition) is 1. The van der Waals surface area contributed by atoms with Crippen LogP contribution in [0, 0.1) is 10.1 Å². The number of aliphatic hydroxyl groups excluding tert-OH is 1. The Morgan fingerprint density at radius 3 is 2.74 bits per heavy atom. The molecule has 0 fully saturated rings. The first kappa shape index (κ1) is 15.4. The minimum atomic E-state index is -0.713. The molecule has 0 aliphatic carbocycles. The quantitative estimate of drug-likeness (QED) is 0.568. The lowest BCUT2D eigenvalue weighted by molar-refractivity contribution is -0.384. The zero-order valence-electron chi connectivity index (χ0n) is 11.7. The summed E-state index contributed by atoms with van der Waals surface area (Å²) in [5.41, 5.74) is 0.438. The molecule has 0 saturated carbocycles. The molecule has 0 amide bonds. The van der Waals surface area contributed by atoms with Crippen molar-refractivity contribution in [3.8, 4) is 0 Å². The second-order valence-corrected chi connectivity index (χ2v) is 4.34. The standard InChI is InChI=1S/C11H20N4O4/c1-5-9-10(15(17)18)11(14(3)12-9)13(2)6-8(16)7-19-4/h8,16H,5-7H2,1-4H3.